The van der Waals surface area contributed by atoms with Gasteiger partial charge in [0.1, 0.15) is 18.2 Å². The molecule has 2 rings (SSSR count). The zero-order valence-corrected chi connectivity index (χ0v) is 13.4. The van der Waals surface area contributed by atoms with Crippen LogP contribution < -0.4 is 4.74 Å². The summed E-state index contributed by atoms with van der Waals surface area (Å²) in [5, 5.41) is 0.464. The molecule has 0 aliphatic heterocycles. The fourth-order valence-electron chi connectivity index (χ4n) is 1.75. The second kappa shape index (κ2) is 7.09. The fourth-order valence-corrected chi connectivity index (χ4v) is 3.10. The van der Waals surface area contributed by atoms with Gasteiger partial charge in [-0.3, -0.25) is 0 Å². The molecule has 0 aliphatic carbocycles. The Morgan fingerprint density at radius 2 is 1.77 bits per heavy atom. The summed E-state index contributed by atoms with van der Waals surface area (Å²) in [4.78, 5) is 0.0362. The molecule has 22 heavy (non-hydrogen) atoms. The monoisotopic (exact) mass is 343 g/mol. The molecule has 0 atom stereocenters. The molecule has 0 amide bonds. The molecule has 2 aromatic rings. The van der Waals surface area contributed by atoms with Gasteiger partial charge in [0, 0.05) is 13.6 Å². The average molecular weight is 344 g/mol. The molecular formula is C15H15ClFNO3S. The predicted molar refractivity (Wildman–Crippen MR) is 83.2 cm³/mol. The minimum absolute atomic E-state index is 0.0362. The van der Waals surface area contributed by atoms with E-state index < -0.39 is 15.8 Å². The highest BCUT2D eigenvalue weighted by Gasteiger charge is 2.20. The molecule has 0 saturated heterocycles. The molecule has 4 nitrogen and oxygen atoms in total. The summed E-state index contributed by atoms with van der Waals surface area (Å²) in [7, 11) is -2.23. The first-order valence-corrected chi connectivity index (χ1v) is 8.32. The molecule has 0 aromatic heterocycles. The number of halogens is 2. The lowest BCUT2D eigenvalue weighted by Crippen LogP contribution is -2.31. The van der Waals surface area contributed by atoms with E-state index in [-0.39, 0.29) is 18.0 Å². The van der Waals surface area contributed by atoms with Gasteiger partial charge < -0.3 is 4.74 Å². The summed E-state index contributed by atoms with van der Waals surface area (Å²) in [6.07, 6.45) is 0. The molecule has 0 spiro atoms. The lowest BCUT2D eigenvalue weighted by atomic mass is 10.3. The van der Waals surface area contributed by atoms with Crippen molar-refractivity contribution in [3.05, 3.63) is 59.4 Å². The van der Waals surface area contributed by atoms with E-state index in [1.165, 1.54) is 19.2 Å². The Labute approximate surface area is 134 Å². The van der Waals surface area contributed by atoms with Gasteiger partial charge in [0.05, 0.1) is 9.92 Å². The maximum Gasteiger partial charge on any atom is 0.242 e. The Morgan fingerprint density at radius 3 is 2.41 bits per heavy atom. The molecule has 0 heterocycles. The van der Waals surface area contributed by atoms with Crippen LogP contribution in [0.2, 0.25) is 5.02 Å². The normalized spacial score (nSPS) is 11.6. The van der Waals surface area contributed by atoms with Gasteiger partial charge in [-0.05, 0) is 36.4 Å². The third-order valence-corrected chi connectivity index (χ3v) is 5.21. The van der Waals surface area contributed by atoms with Gasteiger partial charge in [-0.2, -0.15) is 4.31 Å². The lowest BCUT2D eigenvalue weighted by Gasteiger charge is -2.17. The summed E-state index contributed by atoms with van der Waals surface area (Å²) in [5.74, 6) is 0.0143. The first-order valence-electron chi connectivity index (χ1n) is 6.50. The van der Waals surface area contributed by atoms with E-state index in [1.807, 2.05) is 0 Å². The molecule has 0 bridgehead atoms. The Kier molecular flexibility index (Phi) is 5.39. The number of rotatable bonds is 6. The summed E-state index contributed by atoms with van der Waals surface area (Å²) in [6, 6.07) is 11.6. The van der Waals surface area contributed by atoms with Crippen molar-refractivity contribution in [1.29, 1.82) is 0 Å². The van der Waals surface area contributed by atoms with Gasteiger partial charge in [0.15, 0.2) is 0 Å². The zero-order chi connectivity index (χ0) is 16.2. The van der Waals surface area contributed by atoms with Crippen molar-refractivity contribution in [2.24, 2.45) is 0 Å². The SMILES string of the molecule is CN(CCOc1ccccc1Cl)S(=O)(=O)c1ccc(F)cc1. The number of benzene rings is 2. The molecule has 0 aliphatic rings. The van der Waals surface area contributed by atoms with Crippen molar-refractivity contribution in [2.45, 2.75) is 4.90 Å². The van der Waals surface area contributed by atoms with Gasteiger partial charge in [-0.15, -0.1) is 0 Å². The number of ether oxygens (including phenoxy) is 1. The van der Waals surface area contributed by atoms with E-state index in [2.05, 4.69) is 0 Å². The van der Waals surface area contributed by atoms with Crippen LogP contribution in [0, 0.1) is 5.82 Å². The van der Waals surface area contributed by atoms with Crippen molar-refractivity contribution >= 4 is 21.6 Å². The molecule has 0 radical (unpaired) electrons. The van der Waals surface area contributed by atoms with E-state index in [0.717, 1.165) is 16.4 Å². The number of para-hydroxylation sites is 1. The highest BCUT2D eigenvalue weighted by molar-refractivity contribution is 7.89. The minimum Gasteiger partial charge on any atom is -0.491 e. The Bertz CT molecular complexity index is 735. The smallest absolute Gasteiger partial charge is 0.242 e. The van der Waals surface area contributed by atoms with Crippen molar-refractivity contribution in [3.63, 3.8) is 0 Å². The van der Waals surface area contributed by atoms with Gasteiger partial charge >= 0.3 is 0 Å². The van der Waals surface area contributed by atoms with Gasteiger partial charge in [-0.25, -0.2) is 12.8 Å². The number of nitrogens with zero attached hydrogens (tertiary/aromatic N) is 1. The Morgan fingerprint density at radius 1 is 1.14 bits per heavy atom. The van der Waals surface area contributed by atoms with Gasteiger partial charge in [0.25, 0.3) is 0 Å². The number of hydrogen-bond acceptors (Lipinski definition) is 3. The van der Waals surface area contributed by atoms with Crippen LogP contribution in [-0.2, 0) is 10.0 Å². The summed E-state index contributed by atoms with van der Waals surface area (Å²) in [6.45, 7) is 0.297. The number of hydrogen-bond donors (Lipinski definition) is 0. The summed E-state index contributed by atoms with van der Waals surface area (Å²) in [5.41, 5.74) is 0. The Hall–Kier alpha value is -1.63. The van der Waals surface area contributed by atoms with E-state index in [4.69, 9.17) is 16.3 Å². The van der Waals surface area contributed by atoms with Gasteiger partial charge in [0.2, 0.25) is 10.0 Å². The molecule has 0 saturated carbocycles. The van der Waals surface area contributed by atoms with E-state index in [1.54, 1.807) is 24.3 Å². The van der Waals surface area contributed by atoms with Crippen molar-refractivity contribution in [2.75, 3.05) is 20.2 Å². The van der Waals surface area contributed by atoms with Crippen LogP contribution in [0.3, 0.4) is 0 Å². The van der Waals surface area contributed by atoms with Crippen LogP contribution in [0.4, 0.5) is 4.39 Å². The maximum atomic E-state index is 12.9. The van der Waals surface area contributed by atoms with Crippen molar-refractivity contribution < 1.29 is 17.5 Å². The zero-order valence-electron chi connectivity index (χ0n) is 11.9. The topological polar surface area (TPSA) is 46.6 Å². The highest BCUT2D eigenvalue weighted by Crippen LogP contribution is 2.23. The first kappa shape index (κ1) is 16.7. The number of likely N-dealkylation sites (N-methyl/N-ethyl adjacent to an activating group) is 1. The van der Waals surface area contributed by atoms with Crippen LogP contribution in [-0.4, -0.2) is 32.9 Å². The average Bonchev–Trinajstić information content (AvgIpc) is 2.49. The van der Waals surface area contributed by atoms with Crippen LogP contribution in [0.15, 0.2) is 53.4 Å². The maximum absolute atomic E-state index is 12.9. The molecule has 0 N–H and O–H groups in total. The van der Waals surface area contributed by atoms with Gasteiger partial charge in [-0.1, -0.05) is 23.7 Å². The molecule has 7 heteroatoms. The standard InChI is InChI=1S/C15H15ClFNO3S/c1-18(10-11-21-15-5-3-2-4-14(15)16)22(19,20)13-8-6-12(17)7-9-13/h2-9H,10-11H2,1H3. The molecule has 0 unspecified atom stereocenters. The van der Waals surface area contributed by atoms with E-state index in [0.29, 0.717) is 10.8 Å². The van der Waals surface area contributed by atoms with E-state index in [9.17, 15) is 12.8 Å². The van der Waals surface area contributed by atoms with Crippen LogP contribution >= 0.6 is 11.6 Å². The van der Waals surface area contributed by atoms with Crippen molar-refractivity contribution in [1.82, 2.24) is 4.31 Å². The summed E-state index contributed by atoms with van der Waals surface area (Å²) < 4.78 is 44.0. The van der Waals surface area contributed by atoms with Crippen LogP contribution in [0.5, 0.6) is 5.75 Å². The van der Waals surface area contributed by atoms with Crippen LogP contribution in [0.25, 0.3) is 0 Å². The fraction of sp³-hybridized carbons (Fsp3) is 0.200. The molecule has 2 aromatic carbocycles. The Balaban J connectivity index is 1.98. The largest absolute Gasteiger partial charge is 0.491 e. The van der Waals surface area contributed by atoms with Crippen molar-refractivity contribution in [3.8, 4) is 5.75 Å². The second-order valence-electron chi connectivity index (χ2n) is 4.56. The van der Waals surface area contributed by atoms with Crippen LogP contribution in [0.1, 0.15) is 0 Å². The highest BCUT2D eigenvalue weighted by atomic mass is 35.5. The van der Waals surface area contributed by atoms with E-state index >= 15 is 0 Å². The quantitative estimate of drug-likeness (QED) is 0.809. The predicted octanol–water partition coefficient (Wildman–Crippen LogP) is 3.18. The number of sulfonamides is 1. The summed E-state index contributed by atoms with van der Waals surface area (Å²) >= 11 is 5.95. The third-order valence-electron chi connectivity index (χ3n) is 3.02. The second-order valence-corrected chi connectivity index (χ2v) is 7.01. The first-order chi connectivity index (χ1) is 10.4. The minimum atomic E-state index is -3.67. The molecular weight excluding hydrogens is 329 g/mol. The molecule has 118 valence electrons. The molecule has 0 fully saturated rings. The third kappa shape index (κ3) is 3.97. The lowest BCUT2D eigenvalue weighted by molar-refractivity contribution is 0.287.